The Morgan fingerprint density at radius 1 is 1.26 bits per heavy atom. The van der Waals surface area contributed by atoms with Crippen LogP contribution in [-0.4, -0.2) is 20.6 Å². The summed E-state index contributed by atoms with van der Waals surface area (Å²) in [5.41, 5.74) is 1.31. The van der Waals surface area contributed by atoms with Crippen LogP contribution < -0.4 is 0 Å². The maximum Gasteiger partial charge on any atom is 0.339 e. The summed E-state index contributed by atoms with van der Waals surface area (Å²) in [5.74, 6) is -1.07. The van der Waals surface area contributed by atoms with E-state index in [0.717, 1.165) is 11.1 Å². The molecule has 0 saturated heterocycles. The molecule has 0 spiro atoms. The van der Waals surface area contributed by atoms with Crippen LogP contribution in [0.4, 0.5) is 0 Å². The molecule has 0 aliphatic heterocycles. The molecule has 0 aliphatic carbocycles. The monoisotopic (exact) mass is 272 g/mol. The predicted molar refractivity (Wildman–Crippen MR) is 73.0 cm³/mol. The van der Waals surface area contributed by atoms with Crippen LogP contribution in [0.3, 0.4) is 0 Å². The quantitative estimate of drug-likeness (QED) is 0.778. The lowest BCUT2D eigenvalue weighted by Crippen LogP contribution is -2.01. The molecule has 0 unspecified atom stereocenters. The highest BCUT2D eigenvalue weighted by Crippen LogP contribution is 2.26. The van der Waals surface area contributed by atoms with Gasteiger partial charge < -0.3 is 9.67 Å². The first-order valence-corrected chi connectivity index (χ1v) is 5.99. The lowest BCUT2D eigenvalue weighted by Gasteiger charge is -2.07. The topological polar surface area (TPSA) is 55.1 Å². The Kier molecular flexibility index (Phi) is 2.72. The van der Waals surface area contributed by atoms with Crippen molar-refractivity contribution >= 4 is 28.5 Å². The van der Waals surface area contributed by atoms with Crippen molar-refractivity contribution in [2.75, 3.05) is 0 Å². The molecule has 2 heterocycles. The molecule has 19 heavy (non-hydrogen) atoms. The van der Waals surface area contributed by atoms with E-state index in [0.29, 0.717) is 5.52 Å². The molecule has 0 fully saturated rings. The van der Waals surface area contributed by atoms with Crippen molar-refractivity contribution in [3.05, 3.63) is 59.5 Å². The van der Waals surface area contributed by atoms with E-state index in [1.165, 1.54) is 0 Å². The summed E-state index contributed by atoms with van der Waals surface area (Å²) in [5, 5.41) is 10.1. The average Bonchev–Trinajstić information content (AvgIpc) is 2.91. The molecule has 2 aromatic heterocycles. The number of carboxylic acid groups (broad SMARTS) is 1. The number of hydrogen-bond donors (Lipinski definition) is 1. The molecule has 0 bridgehead atoms. The molecule has 0 saturated carbocycles. The third kappa shape index (κ3) is 1.96. The van der Waals surface area contributed by atoms with Crippen LogP contribution in [0.2, 0.25) is 5.02 Å². The van der Waals surface area contributed by atoms with Gasteiger partial charge in [0.15, 0.2) is 0 Å². The summed E-state index contributed by atoms with van der Waals surface area (Å²) < 4.78 is 1.90. The molecule has 3 rings (SSSR count). The van der Waals surface area contributed by atoms with E-state index >= 15 is 0 Å². The SMILES string of the molecule is O=C(O)c1c(Cl)ccc2cc(-n3cccc3)cnc12. The Morgan fingerprint density at radius 3 is 2.68 bits per heavy atom. The molecular formula is C14H9ClN2O2. The lowest BCUT2D eigenvalue weighted by atomic mass is 10.1. The molecule has 1 aromatic carbocycles. The number of carbonyl (C=O) groups is 1. The van der Waals surface area contributed by atoms with Crippen molar-refractivity contribution in [2.24, 2.45) is 0 Å². The molecule has 0 amide bonds. The lowest BCUT2D eigenvalue weighted by molar-refractivity contribution is 0.0699. The van der Waals surface area contributed by atoms with Crippen LogP contribution in [-0.2, 0) is 0 Å². The normalized spacial score (nSPS) is 10.8. The average molecular weight is 273 g/mol. The largest absolute Gasteiger partial charge is 0.478 e. The highest BCUT2D eigenvalue weighted by molar-refractivity contribution is 6.35. The number of rotatable bonds is 2. The van der Waals surface area contributed by atoms with E-state index in [9.17, 15) is 9.90 Å². The molecule has 5 heteroatoms. The highest BCUT2D eigenvalue weighted by Gasteiger charge is 2.14. The zero-order valence-electron chi connectivity index (χ0n) is 9.75. The summed E-state index contributed by atoms with van der Waals surface area (Å²) in [6.07, 6.45) is 5.43. The first kappa shape index (κ1) is 11.7. The standard InChI is InChI=1S/C14H9ClN2O2/c15-11-4-3-9-7-10(17-5-1-2-6-17)8-16-13(9)12(11)14(18)19/h1-8H,(H,18,19). The van der Waals surface area contributed by atoms with Gasteiger partial charge in [0, 0.05) is 17.8 Å². The fourth-order valence-corrected chi connectivity index (χ4v) is 2.25. The van der Waals surface area contributed by atoms with Gasteiger partial charge in [-0.1, -0.05) is 17.7 Å². The Hall–Kier alpha value is -2.33. The van der Waals surface area contributed by atoms with E-state index in [-0.39, 0.29) is 10.6 Å². The van der Waals surface area contributed by atoms with Gasteiger partial charge in [-0.25, -0.2) is 4.79 Å². The third-order valence-electron chi connectivity index (χ3n) is 2.90. The molecular weight excluding hydrogens is 264 g/mol. The maximum atomic E-state index is 11.2. The van der Waals surface area contributed by atoms with Crippen molar-refractivity contribution < 1.29 is 9.90 Å². The first-order chi connectivity index (χ1) is 9.16. The summed E-state index contributed by atoms with van der Waals surface area (Å²) in [6, 6.07) is 9.05. The molecule has 4 nitrogen and oxygen atoms in total. The number of benzene rings is 1. The van der Waals surface area contributed by atoms with Gasteiger partial charge >= 0.3 is 5.97 Å². The Labute approximate surface area is 113 Å². The Balaban J connectivity index is 2.26. The van der Waals surface area contributed by atoms with Crippen molar-refractivity contribution in [1.29, 1.82) is 0 Å². The maximum absolute atomic E-state index is 11.2. The van der Waals surface area contributed by atoms with Crippen molar-refractivity contribution in [3.63, 3.8) is 0 Å². The van der Waals surface area contributed by atoms with Gasteiger partial charge in [-0.05, 0) is 24.3 Å². The van der Waals surface area contributed by atoms with Gasteiger partial charge in [0.25, 0.3) is 0 Å². The van der Waals surface area contributed by atoms with E-state index < -0.39 is 5.97 Å². The van der Waals surface area contributed by atoms with Crippen LogP contribution in [0.15, 0.2) is 48.9 Å². The van der Waals surface area contributed by atoms with Crippen LogP contribution >= 0.6 is 11.6 Å². The summed E-state index contributed by atoms with van der Waals surface area (Å²) in [7, 11) is 0. The van der Waals surface area contributed by atoms with Gasteiger partial charge in [0.1, 0.15) is 5.56 Å². The minimum absolute atomic E-state index is 0.0400. The number of nitrogens with zero attached hydrogens (tertiary/aromatic N) is 2. The molecule has 0 atom stereocenters. The van der Waals surface area contributed by atoms with Crippen LogP contribution in [0.5, 0.6) is 0 Å². The summed E-state index contributed by atoms with van der Waals surface area (Å²) in [4.78, 5) is 15.5. The Morgan fingerprint density at radius 2 is 2.00 bits per heavy atom. The van der Waals surface area contributed by atoms with E-state index in [1.54, 1.807) is 18.3 Å². The van der Waals surface area contributed by atoms with Gasteiger partial charge in [-0.3, -0.25) is 4.98 Å². The minimum Gasteiger partial charge on any atom is -0.478 e. The van der Waals surface area contributed by atoms with Crippen LogP contribution in [0, 0.1) is 0 Å². The molecule has 0 aliphatic rings. The molecule has 94 valence electrons. The zero-order chi connectivity index (χ0) is 13.4. The first-order valence-electron chi connectivity index (χ1n) is 5.62. The van der Waals surface area contributed by atoms with Gasteiger partial charge in [-0.15, -0.1) is 0 Å². The second-order valence-corrected chi connectivity index (χ2v) is 4.49. The van der Waals surface area contributed by atoms with Crippen molar-refractivity contribution in [1.82, 2.24) is 9.55 Å². The number of carboxylic acids is 1. The number of halogens is 1. The van der Waals surface area contributed by atoms with Crippen LogP contribution in [0.1, 0.15) is 10.4 Å². The number of hydrogen-bond acceptors (Lipinski definition) is 2. The van der Waals surface area contributed by atoms with Gasteiger partial charge in [0.2, 0.25) is 0 Å². The van der Waals surface area contributed by atoms with E-state index in [4.69, 9.17) is 11.6 Å². The third-order valence-corrected chi connectivity index (χ3v) is 3.22. The predicted octanol–water partition coefficient (Wildman–Crippen LogP) is 3.38. The minimum atomic E-state index is -1.07. The smallest absolute Gasteiger partial charge is 0.339 e. The Bertz CT molecular complexity index is 766. The zero-order valence-corrected chi connectivity index (χ0v) is 10.5. The highest BCUT2D eigenvalue weighted by atomic mass is 35.5. The number of aromatic carboxylic acids is 1. The van der Waals surface area contributed by atoms with E-state index in [2.05, 4.69) is 4.98 Å². The van der Waals surface area contributed by atoms with Crippen LogP contribution in [0.25, 0.3) is 16.6 Å². The second-order valence-electron chi connectivity index (χ2n) is 4.08. The molecule has 1 N–H and O–H groups in total. The van der Waals surface area contributed by atoms with E-state index in [1.807, 2.05) is 35.2 Å². The van der Waals surface area contributed by atoms with Gasteiger partial charge in [-0.2, -0.15) is 0 Å². The van der Waals surface area contributed by atoms with Crippen molar-refractivity contribution in [3.8, 4) is 5.69 Å². The number of fused-ring (bicyclic) bond motifs is 1. The van der Waals surface area contributed by atoms with Crippen molar-refractivity contribution in [2.45, 2.75) is 0 Å². The fraction of sp³-hybridized carbons (Fsp3) is 0. The fourth-order valence-electron chi connectivity index (χ4n) is 2.02. The molecule has 0 radical (unpaired) electrons. The molecule has 3 aromatic rings. The number of aromatic nitrogens is 2. The van der Waals surface area contributed by atoms with Gasteiger partial charge in [0.05, 0.1) is 22.4 Å². The number of pyridine rings is 1. The second kappa shape index (κ2) is 4.40. The summed E-state index contributed by atoms with van der Waals surface area (Å²) >= 11 is 5.91. The summed E-state index contributed by atoms with van der Waals surface area (Å²) in [6.45, 7) is 0.